The number of nitrogens with zero attached hydrogens (tertiary/aromatic N) is 1. The fraction of sp³-hybridized carbons (Fsp3) is 0.812. The molecule has 5 unspecified atom stereocenters. The van der Waals surface area contributed by atoms with Gasteiger partial charge in [-0.05, 0) is 58.5 Å². The van der Waals surface area contributed by atoms with E-state index in [-0.39, 0.29) is 0 Å². The average Bonchev–Trinajstić information content (AvgIpc) is 3.12. The van der Waals surface area contributed by atoms with E-state index in [0.717, 1.165) is 40.5 Å². The van der Waals surface area contributed by atoms with Gasteiger partial charge >= 0.3 is 0 Å². The molecule has 1 aliphatic heterocycles. The molecule has 1 heterocycles. The molecule has 0 aromatic rings. The van der Waals surface area contributed by atoms with Gasteiger partial charge in [-0.25, -0.2) is 4.99 Å². The van der Waals surface area contributed by atoms with Crippen LogP contribution in [0, 0.1) is 29.6 Å². The topological polar surface area (TPSA) is 12.4 Å². The molecule has 102 valence electrons. The molecule has 0 saturated heterocycles. The molecule has 0 bridgehead atoms. The quantitative estimate of drug-likeness (QED) is 0.403. The van der Waals surface area contributed by atoms with Crippen molar-refractivity contribution in [2.45, 2.75) is 51.8 Å². The number of rotatable bonds is 4. The Labute approximate surface area is 126 Å². The minimum atomic E-state index is 0.773. The lowest BCUT2D eigenvalue weighted by molar-refractivity contribution is 0.367. The summed E-state index contributed by atoms with van der Waals surface area (Å²) in [5.41, 5.74) is 1.35. The fourth-order valence-electron chi connectivity index (χ4n) is 3.93. The lowest BCUT2D eigenvalue weighted by atomic mass is 9.80. The van der Waals surface area contributed by atoms with Crippen molar-refractivity contribution in [1.82, 2.24) is 0 Å². The van der Waals surface area contributed by atoms with Crippen LogP contribution >= 0.6 is 15.9 Å². The molecule has 0 aromatic heterocycles. The van der Waals surface area contributed by atoms with E-state index in [9.17, 15) is 0 Å². The largest absolute Gasteiger partial charge is 0.245 e. The van der Waals surface area contributed by atoms with Gasteiger partial charge in [-0.2, -0.15) is 0 Å². The first kappa shape index (κ1) is 13.9. The fourth-order valence-corrected chi connectivity index (χ4v) is 4.37. The lowest BCUT2D eigenvalue weighted by Gasteiger charge is -2.18. The summed E-state index contributed by atoms with van der Waals surface area (Å²) in [6.07, 6.45) is 11.5. The summed E-state index contributed by atoms with van der Waals surface area (Å²) >= 11 is 3.41. The molecule has 3 rings (SSSR count). The first-order valence-corrected chi connectivity index (χ1v) is 8.62. The highest BCUT2D eigenvalue weighted by atomic mass is 79.9. The number of aliphatic imine (C=N–C) groups is 1. The first-order chi connectivity index (χ1) is 9.17. The van der Waals surface area contributed by atoms with Gasteiger partial charge in [0.15, 0.2) is 0 Å². The Morgan fingerprint density at radius 3 is 2.68 bits per heavy atom. The third kappa shape index (κ3) is 3.17. The molecule has 0 spiro atoms. The Morgan fingerprint density at radius 1 is 1.26 bits per heavy atom. The van der Waals surface area contributed by atoms with Crippen LogP contribution in [0.3, 0.4) is 0 Å². The van der Waals surface area contributed by atoms with Gasteiger partial charge in [-0.3, -0.25) is 0 Å². The zero-order chi connectivity index (χ0) is 13.4. The van der Waals surface area contributed by atoms with Crippen molar-refractivity contribution in [3.8, 4) is 0 Å². The minimum Gasteiger partial charge on any atom is -0.245 e. The molecule has 1 nitrogen and oxygen atoms in total. The van der Waals surface area contributed by atoms with Crippen LogP contribution in [0.1, 0.15) is 45.4 Å². The van der Waals surface area contributed by atoms with E-state index in [4.69, 9.17) is 7.85 Å². The van der Waals surface area contributed by atoms with Crippen molar-refractivity contribution >= 4 is 29.5 Å². The molecular formula is C16H23BBrN. The molecular weight excluding hydrogens is 297 g/mol. The summed E-state index contributed by atoms with van der Waals surface area (Å²) in [6.45, 7) is 2.39. The molecule has 0 N–H and O–H groups in total. The average molecular weight is 320 g/mol. The van der Waals surface area contributed by atoms with E-state index in [2.05, 4.69) is 33.9 Å². The normalized spacial score (nSPS) is 41.9. The van der Waals surface area contributed by atoms with Gasteiger partial charge in [0.25, 0.3) is 0 Å². The van der Waals surface area contributed by atoms with Crippen LogP contribution in [0.15, 0.2) is 15.7 Å². The predicted octanol–water partition coefficient (Wildman–Crippen LogP) is 4.73. The van der Waals surface area contributed by atoms with Crippen molar-refractivity contribution in [3.05, 3.63) is 10.7 Å². The van der Waals surface area contributed by atoms with Crippen LogP contribution in [0.4, 0.5) is 0 Å². The summed E-state index contributed by atoms with van der Waals surface area (Å²) in [4.78, 5) is 4.46. The number of allylic oxidation sites excluding steroid dienone is 1. The smallest absolute Gasteiger partial charge is 0.108 e. The molecule has 0 aromatic carbocycles. The second kappa shape index (κ2) is 5.75. The third-order valence-corrected chi connectivity index (χ3v) is 5.93. The van der Waals surface area contributed by atoms with Crippen molar-refractivity contribution < 1.29 is 0 Å². The Kier molecular flexibility index (Phi) is 4.21. The Hall–Kier alpha value is -0.0451. The molecule has 3 heteroatoms. The maximum atomic E-state index is 5.90. The highest BCUT2D eigenvalue weighted by molar-refractivity contribution is 9.11. The summed E-state index contributed by atoms with van der Waals surface area (Å²) in [5.74, 6) is 4.26. The maximum Gasteiger partial charge on any atom is 0.108 e. The molecule has 3 aliphatic rings. The van der Waals surface area contributed by atoms with E-state index in [1.165, 1.54) is 44.2 Å². The van der Waals surface area contributed by atoms with Crippen molar-refractivity contribution in [2.75, 3.05) is 0 Å². The molecule has 2 radical (unpaired) electrons. The molecule has 19 heavy (non-hydrogen) atoms. The maximum absolute atomic E-state index is 5.90. The van der Waals surface area contributed by atoms with Crippen LogP contribution in [0.2, 0.25) is 6.32 Å². The summed E-state index contributed by atoms with van der Waals surface area (Å²) < 4.78 is 1.03. The highest BCUT2D eigenvalue weighted by Crippen LogP contribution is 2.49. The van der Waals surface area contributed by atoms with Gasteiger partial charge in [0.1, 0.15) is 4.61 Å². The van der Waals surface area contributed by atoms with E-state index < -0.39 is 0 Å². The van der Waals surface area contributed by atoms with Gasteiger partial charge in [0, 0.05) is 11.6 Å². The lowest BCUT2D eigenvalue weighted by Crippen LogP contribution is -2.08. The predicted molar refractivity (Wildman–Crippen MR) is 85.8 cm³/mol. The number of halogens is 1. The van der Waals surface area contributed by atoms with Crippen LogP contribution in [0.25, 0.3) is 0 Å². The number of hydrogen-bond acceptors (Lipinski definition) is 1. The van der Waals surface area contributed by atoms with Gasteiger partial charge in [0.2, 0.25) is 0 Å². The Morgan fingerprint density at radius 2 is 2.00 bits per heavy atom. The monoisotopic (exact) mass is 319 g/mol. The van der Waals surface area contributed by atoms with Crippen molar-refractivity contribution in [1.29, 1.82) is 0 Å². The Bertz CT molecular complexity index is 404. The van der Waals surface area contributed by atoms with E-state index in [0.29, 0.717) is 0 Å². The van der Waals surface area contributed by atoms with Gasteiger partial charge < -0.3 is 0 Å². The van der Waals surface area contributed by atoms with Crippen molar-refractivity contribution in [2.24, 2.45) is 34.6 Å². The molecule has 0 amide bonds. The van der Waals surface area contributed by atoms with Gasteiger partial charge in [-0.1, -0.05) is 38.9 Å². The van der Waals surface area contributed by atoms with E-state index >= 15 is 0 Å². The van der Waals surface area contributed by atoms with Crippen LogP contribution in [-0.4, -0.2) is 13.6 Å². The summed E-state index contributed by atoms with van der Waals surface area (Å²) in [6, 6.07) is 0. The molecule has 2 aliphatic carbocycles. The molecule has 5 atom stereocenters. The summed E-state index contributed by atoms with van der Waals surface area (Å²) in [5, 5.41) is 0. The van der Waals surface area contributed by atoms with E-state index in [1.54, 1.807) is 0 Å². The van der Waals surface area contributed by atoms with E-state index in [1.807, 2.05) is 0 Å². The second-order valence-electron chi connectivity index (χ2n) is 6.84. The number of hydrogen-bond donors (Lipinski definition) is 0. The SMILES string of the molecule is [B]CC1CCC(CC2CC2C2=NC(Br)=C2)CCC1C. The standard InChI is InChI=1S/C16H23BBrN/c1-10-2-3-11(4-5-12(10)9-17)6-13-7-14(13)15-8-16(18)19-15/h8,10-14H,2-7,9H2,1H3. The second-order valence-corrected chi connectivity index (χ2v) is 7.65. The Balaban J connectivity index is 1.45. The molecule has 2 saturated carbocycles. The van der Waals surface area contributed by atoms with Gasteiger partial charge in [0.05, 0.1) is 7.85 Å². The zero-order valence-electron chi connectivity index (χ0n) is 11.8. The van der Waals surface area contributed by atoms with Crippen LogP contribution < -0.4 is 0 Å². The first-order valence-electron chi connectivity index (χ1n) is 7.83. The molecule has 2 fully saturated rings. The zero-order valence-corrected chi connectivity index (χ0v) is 13.4. The minimum absolute atomic E-state index is 0.773. The van der Waals surface area contributed by atoms with Crippen LogP contribution in [0.5, 0.6) is 0 Å². The van der Waals surface area contributed by atoms with Gasteiger partial charge in [-0.15, -0.1) is 0 Å². The van der Waals surface area contributed by atoms with Crippen LogP contribution in [-0.2, 0) is 0 Å². The third-order valence-electron chi connectivity index (χ3n) is 5.52. The summed E-state index contributed by atoms with van der Waals surface area (Å²) in [7, 11) is 5.90. The van der Waals surface area contributed by atoms with Crippen molar-refractivity contribution in [3.63, 3.8) is 0 Å². The highest BCUT2D eigenvalue weighted by Gasteiger charge is 2.43.